The molecule has 2 rings (SSSR count). The predicted molar refractivity (Wildman–Crippen MR) is 62.4 cm³/mol. The molecule has 4 heteroatoms. The number of rotatable bonds is 2. The molecule has 1 saturated heterocycles. The number of hydrogen-bond donors (Lipinski definition) is 2. The van der Waals surface area contributed by atoms with Crippen LogP contribution in [0, 0.1) is 11.7 Å². The maximum Gasteiger partial charge on any atom is 0.307 e. The first-order chi connectivity index (χ1) is 8.20. The molecule has 0 aromatic heterocycles. The zero-order chi connectivity index (χ0) is 12.3. The third-order valence-corrected chi connectivity index (χ3v) is 3.37. The molecular formula is C13H16FNO2. The van der Waals surface area contributed by atoms with Crippen LogP contribution in [0.25, 0.3) is 0 Å². The van der Waals surface area contributed by atoms with Gasteiger partial charge in [0.1, 0.15) is 5.82 Å². The first-order valence-electron chi connectivity index (χ1n) is 5.88. The summed E-state index contributed by atoms with van der Waals surface area (Å²) in [5.74, 6) is -1.86. The third-order valence-electron chi connectivity index (χ3n) is 3.37. The summed E-state index contributed by atoms with van der Waals surface area (Å²) in [6, 6.07) is 6.48. The van der Waals surface area contributed by atoms with Gasteiger partial charge in [0.05, 0.1) is 5.92 Å². The maximum absolute atomic E-state index is 13.7. The summed E-state index contributed by atoms with van der Waals surface area (Å²) in [7, 11) is 0. The molecule has 1 fully saturated rings. The molecule has 2 atom stereocenters. The van der Waals surface area contributed by atoms with E-state index in [1.165, 1.54) is 6.07 Å². The van der Waals surface area contributed by atoms with Gasteiger partial charge in [-0.2, -0.15) is 0 Å². The highest BCUT2D eigenvalue weighted by molar-refractivity contribution is 5.71. The fourth-order valence-electron chi connectivity index (χ4n) is 2.49. The lowest BCUT2D eigenvalue weighted by atomic mass is 9.82. The first-order valence-corrected chi connectivity index (χ1v) is 5.88. The number of carboxylic acids is 1. The smallest absolute Gasteiger partial charge is 0.307 e. The van der Waals surface area contributed by atoms with Crippen LogP contribution in [0.1, 0.15) is 24.3 Å². The van der Waals surface area contributed by atoms with E-state index in [-0.39, 0.29) is 11.7 Å². The molecule has 2 N–H and O–H groups in total. The summed E-state index contributed by atoms with van der Waals surface area (Å²) in [4.78, 5) is 11.3. The van der Waals surface area contributed by atoms with Crippen LogP contribution >= 0.6 is 0 Å². The zero-order valence-electron chi connectivity index (χ0n) is 9.53. The van der Waals surface area contributed by atoms with E-state index in [1.807, 2.05) is 0 Å². The Morgan fingerprint density at radius 2 is 2.00 bits per heavy atom. The van der Waals surface area contributed by atoms with E-state index in [4.69, 9.17) is 0 Å². The van der Waals surface area contributed by atoms with Crippen LogP contribution in [0.5, 0.6) is 0 Å². The lowest BCUT2D eigenvalue weighted by Crippen LogP contribution is -2.23. The monoisotopic (exact) mass is 237 g/mol. The van der Waals surface area contributed by atoms with Crippen molar-refractivity contribution < 1.29 is 14.3 Å². The van der Waals surface area contributed by atoms with Crippen LogP contribution in [0.4, 0.5) is 4.39 Å². The summed E-state index contributed by atoms with van der Waals surface area (Å²) in [6.07, 6.45) is 1.21. The highest BCUT2D eigenvalue weighted by Crippen LogP contribution is 2.33. The number of halogens is 1. The minimum Gasteiger partial charge on any atom is -0.481 e. The van der Waals surface area contributed by atoms with Gasteiger partial charge >= 0.3 is 5.97 Å². The molecule has 0 saturated carbocycles. The number of hydrogen-bond acceptors (Lipinski definition) is 2. The Labute approximate surface area is 99.7 Å². The first kappa shape index (κ1) is 12.0. The molecule has 0 amide bonds. The zero-order valence-corrected chi connectivity index (χ0v) is 9.53. The van der Waals surface area contributed by atoms with Crippen molar-refractivity contribution >= 4 is 5.97 Å². The fraction of sp³-hybridized carbons (Fsp3) is 0.462. The molecule has 3 nitrogen and oxygen atoms in total. The molecular weight excluding hydrogens is 221 g/mol. The number of carbonyl (C=O) groups is 1. The highest BCUT2D eigenvalue weighted by atomic mass is 19.1. The van der Waals surface area contributed by atoms with Crippen LogP contribution in [0.3, 0.4) is 0 Å². The molecule has 1 aromatic carbocycles. The lowest BCUT2D eigenvalue weighted by molar-refractivity contribution is -0.142. The van der Waals surface area contributed by atoms with Crippen molar-refractivity contribution in [3.8, 4) is 0 Å². The molecule has 2 unspecified atom stereocenters. The second-order valence-corrected chi connectivity index (χ2v) is 4.40. The van der Waals surface area contributed by atoms with E-state index in [2.05, 4.69) is 5.32 Å². The highest BCUT2D eigenvalue weighted by Gasteiger charge is 2.31. The van der Waals surface area contributed by atoms with Gasteiger partial charge in [-0.15, -0.1) is 0 Å². The van der Waals surface area contributed by atoms with Crippen molar-refractivity contribution in [1.82, 2.24) is 5.32 Å². The molecule has 1 aliphatic rings. The number of aliphatic carboxylic acids is 1. The van der Waals surface area contributed by atoms with E-state index >= 15 is 0 Å². The molecule has 1 aromatic rings. The van der Waals surface area contributed by atoms with Crippen LogP contribution in [-0.4, -0.2) is 24.2 Å². The van der Waals surface area contributed by atoms with Crippen LogP contribution in [-0.2, 0) is 4.79 Å². The number of carboxylic acid groups (broad SMARTS) is 1. The second kappa shape index (κ2) is 5.27. The quantitative estimate of drug-likeness (QED) is 0.827. The Kier molecular flexibility index (Phi) is 3.74. The largest absolute Gasteiger partial charge is 0.481 e. The van der Waals surface area contributed by atoms with Gasteiger partial charge in [-0.3, -0.25) is 4.79 Å². The summed E-state index contributed by atoms with van der Waals surface area (Å²) >= 11 is 0. The van der Waals surface area contributed by atoms with Crippen molar-refractivity contribution in [2.75, 3.05) is 13.1 Å². The lowest BCUT2D eigenvalue weighted by Gasteiger charge is -2.21. The van der Waals surface area contributed by atoms with Gasteiger partial charge in [-0.1, -0.05) is 18.2 Å². The molecule has 0 radical (unpaired) electrons. The van der Waals surface area contributed by atoms with Crippen molar-refractivity contribution in [2.24, 2.45) is 5.92 Å². The minimum atomic E-state index is -0.832. The number of benzene rings is 1. The molecule has 0 spiro atoms. The van der Waals surface area contributed by atoms with Crippen molar-refractivity contribution in [2.45, 2.75) is 18.8 Å². The van der Waals surface area contributed by atoms with Crippen LogP contribution in [0.2, 0.25) is 0 Å². The van der Waals surface area contributed by atoms with Gasteiger partial charge < -0.3 is 10.4 Å². The predicted octanol–water partition coefficient (Wildman–Crippen LogP) is 1.99. The average molecular weight is 237 g/mol. The van der Waals surface area contributed by atoms with Gasteiger partial charge in [0.25, 0.3) is 0 Å². The van der Waals surface area contributed by atoms with Crippen LogP contribution < -0.4 is 5.32 Å². The third kappa shape index (κ3) is 2.64. The molecule has 92 valence electrons. The topological polar surface area (TPSA) is 49.3 Å². The molecule has 0 bridgehead atoms. The molecule has 1 heterocycles. The van der Waals surface area contributed by atoms with Crippen molar-refractivity contribution in [3.63, 3.8) is 0 Å². The van der Waals surface area contributed by atoms with Gasteiger partial charge in [0.2, 0.25) is 0 Å². The Bertz CT molecular complexity index is 408. The Balaban J connectivity index is 2.32. The van der Waals surface area contributed by atoms with E-state index in [0.717, 1.165) is 6.54 Å². The Morgan fingerprint density at radius 3 is 2.71 bits per heavy atom. The Hall–Kier alpha value is -1.42. The molecule has 17 heavy (non-hydrogen) atoms. The van der Waals surface area contributed by atoms with E-state index in [0.29, 0.717) is 24.9 Å². The summed E-state index contributed by atoms with van der Waals surface area (Å²) in [5.41, 5.74) is 0.531. The maximum atomic E-state index is 13.7. The van der Waals surface area contributed by atoms with E-state index in [9.17, 15) is 14.3 Å². The van der Waals surface area contributed by atoms with Crippen molar-refractivity contribution in [1.29, 1.82) is 0 Å². The minimum absolute atomic E-state index is 0.233. The van der Waals surface area contributed by atoms with Crippen molar-refractivity contribution in [3.05, 3.63) is 35.6 Å². The average Bonchev–Trinajstić information content (AvgIpc) is 2.55. The fourth-order valence-corrected chi connectivity index (χ4v) is 2.49. The molecule has 0 aliphatic carbocycles. The Morgan fingerprint density at radius 1 is 1.29 bits per heavy atom. The van der Waals surface area contributed by atoms with Gasteiger partial charge in [0, 0.05) is 5.92 Å². The number of nitrogens with one attached hydrogen (secondary N) is 1. The second-order valence-electron chi connectivity index (χ2n) is 4.40. The normalized spacial score (nSPS) is 25.2. The van der Waals surface area contributed by atoms with E-state index < -0.39 is 11.9 Å². The summed E-state index contributed by atoms with van der Waals surface area (Å²) < 4.78 is 13.7. The molecule has 1 aliphatic heterocycles. The standard InChI is InChI=1S/C13H16FNO2/c14-12-4-2-1-3-10(12)9-5-7-15-8-6-11(9)13(16)17/h1-4,9,11,15H,5-8H2,(H,16,17). The summed E-state index contributed by atoms with van der Waals surface area (Å²) in [6.45, 7) is 1.42. The van der Waals surface area contributed by atoms with Gasteiger partial charge in [-0.25, -0.2) is 4.39 Å². The van der Waals surface area contributed by atoms with Gasteiger partial charge in [-0.05, 0) is 37.6 Å². The van der Waals surface area contributed by atoms with Crippen LogP contribution in [0.15, 0.2) is 24.3 Å². The van der Waals surface area contributed by atoms with E-state index in [1.54, 1.807) is 18.2 Å². The SMILES string of the molecule is O=C(O)C1CCNCCC1c1ccccc1F. The van der Waals surface area contributed by atoms with Gasteiger partial charge in [0.15, 0.2) is 0 Å². The summed E-state index contributed by atoms with van der Waals surface area (Å²) in [5, 5.41) is 12.4.